The number of nitrogens with zero attached hydrogens (tertiary/aromatic N) is 4. The van der Waals surface area contributed by atoms with Crippen LogP contribution >= 0.6 is 11.3 Å². The van der Waals surface area contributed by atoms with E-state index in [-0.39, 0.29) is 29.4 Å². The Labute approximate surface area is 163 Å². The minimum absolute atomic E-state index is 0.0920. The van der Waals surface area contributed by atoms with Crippen LogP contribution in [0.25, 0.3) is 21.5 Å². The summed E-state index contributed by atoms with van der Waals surface area (Å²) in [6.45, 7) is -2.08. The Morgan fingerprint density at radius 2 is 2.22 bits per heavy atom. The Kier molecular flexibility index (Phi) is 3.71. The molecule has 3 heterocycles. The maximum Gasteiger partial charge on any atom is 0.296 e. The molecule has 0 bridgehead atoms. The van der Waals surface area contributed by atoms with Crippen LogP contribution in [-0.2, 0) is 6.98 Å². The Morgan fingerprint density at radius 1 is 1.37 bits per heavy atom. The number of nitrogens with one attached hydrogen (secondary N) is 1. The highest BCUT2D eigenvalue weighted by Gasteiger charge is 2.26. The molecular formula is C18H20FN5O2S. The zero-order valence-electron chi connectivity index (χ0n) is 17.5. The van der Waals surface area contributed by atoms with Gasteiger partial charge in [-0.3, -0.25) is 9.36 Å². The summed E-state index contributed by atoms with van der Waals surface area (Å²) in [6, 6.07) is 4.52. The van der Waals surface area contributed by atoms with Gasteiger partial charge in [-0.05, 0) is 30.6 Å². The number of phenolic OH excluding ortho intramolecular Hbond substituents is 1. The lowest BCUT2D eigenvalue weighted by Crippen LogP contribution is -2.46. The van der Waals surface area contributed by atoms with E-state index in [1.54, 1.807) is 29.5 Å². The highest BCUT2D eigenvalue weighted by molar-refractivity contribution is 7.17. The molecule has 27 heavy (non-hydrogen) atoms. The number of anilines is 1. The van der Waals surface area contributed by atoms with E-state index < -0.39 is 24.7 Å². The van der Waals surface area contributed by atoms with Gasteiger partial charge >= 0.3 is 0 Å². The zero-order chi connectivity index (χ0) is 21.6. The number of likely N-dealkylation sites (N-methyl/N-ethyl adjacent to an activating group) is 1. The van der Waals surface area contributed by atoms with Crippen molar-refractivity contribution in [3.8, 4) is 17.1 Å². The number of hydrogen-bond donors (Lipinski definition) is 2. The van der Waals surface area contributed by atoms with Crippen molar-refractivity contribution in [3.63, 3.8) is 0 Å². The van der Waals surface area contributed by atoms with Crippen LogP contribution in [0.1, 0.15) is 10.5 Å². The average molecular weight is 392 g/mol. The average Bonchev–Trinajstić information content (AvgIpc) is 3.11. The molecule has 1 aromatic carbocycles. The number of rotatable bonds is 3. The highest BCUT2D eigenvalue weighted by Crippen LogP contribution is 2.36. The van der Waals surface area contributed by atoms with Gasteiger partial charge in [0.1, 0.15) is 11.9 Å². The van der Waals surface area contributed by atoms with Gasteiger partial charge in [0.05, 0.1) is 5.56 Å². The van der Waals surface area contributed by atoms with Gasteiger partial charge in [-0.15, -0.1) is 21.5 Å². The summed E-state index contributed by atoms with van der Waals surface area (Å²) >= 11 is 1.42. The summed E-state index contributed by atoms with van der Waals surface area (Å²) < 4.78 is 38.7. The second kappa shape index (κ2) is 6.90. The van der Waals surface area contributed by atoms with Crippen LogP contribution in [0.15, 0.2) is 28.4 Å². The van der Waals surface area contributed by atoms with E-state index in [4.69, 9.17) is 4.11 Å². The summed E-state index contributed by atoms with van der Waals surface area (Å²) in [4.78, 5) is 14.8. The first-order valence-corrected chi connectivity index (χ1v) is 9.32. The minimum atomic E-state index is -2.86. The molecular weight excluding hydrogens is 369 g/mol. The highest BCUT2D eigenvalue weighted by atomic mass is 32.1. The predicted octanol–water partition coefficient (Wildman–Crippen LogP) is 2.22. The lowest BCUT2D eigenvalue weighted by atomic mass is 10.1. The molecule has 1 aliphatic rings. The second-order valence-corrected chi connectivity index (χ2v) is 7.65. The standard InChI is InChI=1S/C18H20FN5O2S/c1-23-8-10(19)7-11(9-23)20-16-18(26)24(2)17(22-21-16)13-3-4-14-12(15(13)25)5-6-27-14/h3-6,10-11,25H,7-9H2,1-2H3,(H,20,21)/t10-,11-/m1/s1/i2D3. The quantitative estimate of drug-likeness (QED) is 0.711. The van der Waals surface area contributed by atoms with E-state index in [2.05, 4.69) is 15.5 Å². The summed E-state index contributed by atoms with van der Waals surface area (Å²) in [5, 5.41) is 23.7. The van der Waals surface area contributed by atoms with Gasteiger partial charge in [0.2, 0.25) is 5.82 Å². The number of halogens is 1. The Hall–Kier alpha value is -2.52. The minimum Gasteiger partial charge on any atom is -0.507 e. The van der Waals surface area contributed by atoms with Crippen LogP contribution in [0, 0.1) is 0 Å². The Bertz CT molecular complexity index is 1140. The van der Waals surface area contributed by atoms with Gasteiger partial charge in [0, 0.05) is 46.7 Å². The van der Waals surface area contributed by atoms with Gasteiger partial charge in [-0.25, -0.2) is 4.39 Å². The molecule has 2 N–H and O–H groups in total. The molecule has 1 aliphatic heterocycles. The third-order valence-corrected chi connectivity index (χ3v) is 5.51. The lowest BCUT2D eigenvalue weighted by Gasteiger charge is -2.32. The summed E-state index contributed by atoms with van der Waals surface area (Å²) in [7, 11) is 1.76. The van der Waals surface area contributed by atoms with E-state index in [0.29, 0.717) is 23.0 Å². The van der Waals surface area contributed by atoms with Gasteiger partial charge in [0.25, 0.3) is 5.56 Å². The summed E-state index contributed by atoms with van der Waals surface area (Å²) in [6.07, 6.45) is -0.885. The topological polar surface area (TPSA) is 83.3 Å². The molecule has 1 saturated heterocycles. The maximum absolute atomic E-state index is 13.9. The van der Waals surface area contributed by atoms with Gasteiger partial charge in [-0.1, -0.05) is 0 Å². The molecule has 0 radical (unpaired) electrons. The smallest absolute Gasteiger partial charge is 0.296 e. The van der Waals surface area contributed by atoms with Crippen LogP contribution in [0.5, 0.6) is 5.75 Å². The number of thiophene rings is 1. The molecule has 0 amide bonds. The first-order chi connectivity index (χ1) is 14.1. The normalized spacial score (nSPS) is 23.0. The number of hydrogen-bond acceptors (Lipinski definition) is 7. The monoisotopic (exact) mass is 392 g/mol. The number of fused-ring (bicyclic) bond motifs is 1. The predicted molar refractivity (Wildman–Crippen MR) is 104 cm³/mol. The van der Waals surface area contributed by atoms with Crippen molar-refractivity contribution in [2.24, 2.45) is 6.98 Å². The van der Waals surface area contributed by atoms with Crippen LogP contribution in [0.4, 0.5) is 10.2 Å². The van der Waals surface area contributed by atoms with Crippen LogP contribution in [0.2, 0.25) is 0 Å². The number of phenols is 1. The van der Waals surface area contributed by atoms with Crippen LogP contribution in [0.3, 0.4) is 0 Å². The fourth-order valence-electron chi connectivity index (χ4n) is 3.41. The van der Waals surface area contributed by atoms with Gasteiger partial charge in [-0.2, -0.15) is 0 Å². The largest absolute Gasteiger partial charge is 0.507 e. The lowest BCUT2D eigenvalue weighted by molar-refractivity contribution is 0.153. The number of likely N-dealkylation sites (tertiary alicyclic amines) is 1. The van der Waals surface area contributed by atoms with Gasteiger partial charge < -0.3 is 15.3 Å². The molecule has 0 spiro atoms. The number of piperidine rings is 1. The number of alkyl halides is 1. The molecule has 2 atom stereocenters. The molecule has 4 rings (SSSR count). The Balaban J connectivity index is 1.80. The molecule has 0 unspecified atom stereocenters. The third-order valence-electron chi connectivity index (χ3n) is 4.63. The molecule has 9 heteroatoms. The number of aromatic hydroxyl groups is 1. The third kappa shape index (κ3) is 3.28. The van der Waals surface area contributed by atoms with Crippen molar-refractivity contribution in [1.82, 2.24) is 19.7 Å². The first-order valence-electron chi connectivity index (χ1n) is 9.94. The van der Waals surface area contributed by atoms with Crippen molar-refractivity contribution in [1.29, 1.82) is 0 Å². The number of benzene rings is 1. The molecule has 1 fully saturated rings. The number of aromatic nitrogens is 3. The molecule has 2 aromatic heterocycles. The van der Waals surface area contributed by atoms with E-state index in [1.807, 2.05) is 0 Å². The van der Waals surface area contributed by atoms with E-state index in [1.165, 1.54) is 17.4 Å². The molecule has 0 saturated carbocycles. The fourth-order valence-corrected chi connectivity index (χ4v) is 4.19. The first kappa shape index (κ1) is 14.5. The van der Waals surface area contributed by atoms with E-state index in [0.717, 1.165) is 4.70 Å². The van der Waals surface area contributed by atoms with Gasteiger partial charge in [0.15, 0.2) is 5.82 Å². The molecule has 3 aromatic rings. The maximum atomic E-state index is 13.9. The summed E-state index contributed by atoms with van der Waals surface area (Å²) in [5.74, 6) is -0.700. The molecule has 0 aliphatic carbocycles. The van der Waals surface area contributed by atoms with Crippen molar-refractivity contribution in [2.45, 2.75) is 18.6 Å². The van der Waals surface area contributed by atoms with Crippen molar-refractivity contribution >= 4 is 27.2 Å². The van der Waals surface area contributed by atoms with E-state index in [9.17, 15) is 14.3 Å². The van der Waals surface area contributed by atoms with Crippen molar-refractivity contribution < 1.29 is 13.6 Å². The SMILES string of the molecule is [2H]C([2H])([2H])n1c(-c2ccc3sccc3c2O)nnc(N[C@@H]2C[C@@H](F)CN(C)C2)c1=O. The van der Waals surface area contributed by atoms with E-state index >= 15 is 0 Å². The Morgan fingerprint density at radius 3 is 3.00 bits per heavy atom. The molecule has 7 nitrogen and oxygen atoms in total. The van der Waals surface area contributed by atoms with Crippen LogP contribution < -0.4 is 10.9 Å². The van der Waals surface area contributed by atoms with Crippen LogP contribution in [-0.4, -0.2) is 57.1 Å². The molecule has 142 valence electrons. The van der Waals surface area contributed by atoms with Crippen molar-refractivity contribution in [2.75, 3.05) is 25.5 Å². The summed E-state index contributed by atoms with van der Waals surface area (Å²) in [5.41, 5.74) is -0.817. The zero-order valence-corrected chi connectivity index (χ0v) is 15.3. The fraction of sp³-hybridized carbons (Fsp3) is 0.389. The van der Waals surface area contributed by atoms with Crippen molar-refractivity contribution in [3.05, 3.63) is 33.9 Å². The second-order valence-electron chi connectivity index (χ2n) is 6.70.